The highest BCUT2D eigenvalue weighted by Crippen LogP contribution is 2.33. The van der Waals surface area contributed by atoms with Gasteiger partial charge in [0.05, 0.1) is 17.1 Å². The maximum atomic E-state index is 4.86. The lowest BCUT2D eigenvalue weighted by atomic mass is 10.1. The zero-order valence-electron chi connectivity index (χ0n) is 14.2. The van der Waals surface area contributed by atoms with Crippen LogP contribution in [0, 0.1) is 0 Å². The van der Waals surface area contributed by atoms with Crippen LogP contribution in [0.2, 0.25) is 0 Å². The topological polar surface area (TPSA) is 46.8 Å². The van der Waals surface area contributed by atoms with E-state index < -0.39 is 0 Å². The van der Waals surface area contributed by atoms with E-state index in [-0.39, 0.29) is 0 Å². The van der Waals surface area contributed by atoms with E-state index in [9.17, 15) is 0 Å². The van der Waals surface area contributed by atoms with Crippen molar-refractivity contribution in [2.24, 2.45) is 0 Å². The van der Waals surface area contributed by atoms with Crippen LogP contribution in [0.4, 0.5) is 5.82 Å². The second-order valence-corrected chi connectivity index (χ2v) is 7.22. The van der Waals surface area contributed by atoms with Crippen LogP contribution < -0.4 is 4.90 Å². The lowest BCUT2D eigenvalue weighted by molar-refractivity contribution is 0.390. The Morgan fingerprint density at radius 2 is 1.92 bits per heavy atom. The first-order chi connectivity index (χ1) is 11.7. The van der Waals surface area contributed by atoms with E-state index in [4.69, 9.17) is 4.98 Å². The first-order valence-electron chi connectivity index (χ1n) is 8.26. The van der Waals surface area contributed by atoms with Crippen LogP contribution in [0.15, 0.2) is 41.7 Å². The molecule has 0 saturated carbocycles. The molecule has 0 N–H and O–H groups in total. The number of hydrogen-bond acceptors (Lipinski definition) is 5. The Bertz CT molecular complexity index is 867. The summed E-state index contributed by atoms with van der Waals surface area (Å²) in [6.07, 6.45) is 3.85. The van der Waals surface area contributed by atoms with Crippen LogP contribution in [0.3, 0.4) is 0 Å². The number of rotatable bonds is 4. The van der Waals surface area contributed by atoms with Gasteiger partial charge in [0.15, 0.2) is 5.16 Å². The second kappa shape index (κ2) is 6.09. The van der Waals surface area contributed by atoms with Gasteiger partial charge < -0.3 is 9.47 Å². The summed E-state index contributed by atoms with van der Waals surface area (Å²) in [5.41, 5.74) is 2.32. The number of imidazole rings is 1. The van der Waals surface area contributed by atoms with E-state index in [0.717, 1.165) is 29.6 Å². The third kappa shape index (κ3) is 2.55. The lowest BCUT2D eigenvalue weighted by Crippen LogP contribution is -2.48. The molecule has 1 fully saturated rings. The molecule has 4 rings (SSSR count). The van der Waals surface area contributed by atoms with Crippen molar-refractivity contribution in [3.63, 3.8) is 0 Å². The summed E-state index contributed by atoms with van der Waals surface area (Å²) >= 11 is 1.58. The molecule has 0 spiro atoms. The highest BCUT2D eigenvalue weighted by atomic mass is 32.2. The Morgan fingerprint density at radius 1 is 1.12 bits per heavy atom. The van der Waals surface area contributed by atoms with Gasteiger partial charge in [-0.3, -0.25) is 0 Å². The molecule has 3 aromatic rings. The molecule has 2 aromatic heterocycles. The number of nitrogens with zero attached hydrogens (tertiary/aromatic N) is 5. The molecular weight excluding hydrogens is 318 g/mol. The molecule has 0 atom stereocenters. The van der Waals surface area contributed by atoms with Crippen LogP contribution in [-0.2, 0) is 0 Å². The summed E-state index contributed by atoms with van der Waals surface area (Å²) in [4.78, 5) is 16.0. The number of fused-ring (bicyclic) bond motifs is 1. The Hall–Kier alpha value is -2.08. The zero-order chi connectivity index (χ0) is 16.7. The minimum atomic E-state index is 0.411. The van der Waals surface area contributed by atoms with Crippen LogP contribution in [0.1, 0.15) is 31.6 Å². The number of benzene rings is 1. The van der Waals surface area contributed by atoms with Crippen molar-refractivity contribution in [2.75, 3.05) is 24.2 Å². The molecule has 0 unspecified atom stereocenters. The van der Waals surface area contributed by atoms with Crippen molar-refractivity contribution in [1.82, 2.24) is 19.5 Å². The minimum Gasteiger partial charge on any atom is -0.352 e. The lowest BCUT2D eigenvalue weighted by Gasteiger charge is -2.42. The maximum Gasteiger partial charge on any atom is 0.189 e. The number of thioether (sulfide) groups is 1. The van der Waals surface area contributed by atoms with Gasteiger partial charge in [0.1, 0.15) is 11.6 Å². The summed E-state index contributed by atoms with van der Waals surface area (Å²) in [5, 5.41) is 0.826. The van der Waals surface area contributed by atoms with Crippen LogP contribution in [-0.4, -0.2) is 38.9 Å². The zero-order valence-corrected chi connectivity index (χ0v) is 15.0. The molecule has 0 radical (unpaired) electrons. The van der Waals surface area contributed by atoms with Crippen molar-refractivity contribution in [3.8, 4) is 0 Å². The molecule has 1 aromatic carbocycles. The summed E-state index contributed by atoms with van der Waals surface area (Å²) in [5.74, 6) is 2.60. The van der Waals surface area contributed by atoms with E-state index in [1.165, 1.54) is 11.3 Å². The van der Waals surface area contributed by atoms with E-state index in [1.54, 1.807) is 11.8 Å². The van der Waals surface area contributed by atoms with Gasteiger partial charge in [-0.2, -0.15) is 0 Å². The Labute approximate surface area is 146 Å². The number of para-hydroxylation sites is 2. The van der Waals surface area contributed by atoms with Crippen molar-refractivity contribution in [3.05, 3.63) is 42.4 Å². The third-order valence-electron chi connectivity index (χ3n) is 4.49. The smallest absolute Gasteiger partial charge is 0.189 e. The molecule has 1 aliphatic heterocycles. The van der Waals surface area contributed by atoms with Gasteiger partial charge in [0.25, 0.3) is 0 Å². The highest BCUT2D eigenvalue weighted by molar-refractivity contribution is 7.98. The summed E-state index contributed by atoms with van der Waals surface area (Å²) < 4.78 is 2.42. The van der Waals surface area contributed by atoms with Gasteiger partial charge >= 0.3 is 0 Å². The molecule has 0 bridgehead atoms. The van der Waals surface area contributed by atoms with Gasteiger partial charge in [0, 0.05) is 25.2 Å². The average molecular weight is 339 g/mol. The fourth-order valence-corrected chi connectivity index (χ4v) is 3.62. The first kappa shape index (κ1) is 15.4. The summed E-state index contributed by atoms with van der Waals surface area (Å²) in [6.45, 7) is 6.35. The molecule has 3 heterocycles. The second-order valence-electron chi connectivity index (χ2n) is 6.44. The molecule has 6 heteroatoms. The van der Waals surface area contributed by atoms with Crippen molar-refractivity contribution < 1.29 is 0 Å². The number of anilines is 1. The van der Waals surface area contributed by atoms with E-state index in [0.29, 0.717) is 12.0 Å². The van der Waals surface area contributed by atoms with Crippen LogP contribution >= 0.6 is 11.8 Å². The molecular formula is C18H21N5S. The predicted octanol–water partition coefficient (Wildman–Crippen LogP) is 3.73. The van der Waals surface area contributed by atoms with Crippen molar-refractivity contribution in [2.45, 2.75) is 31.0 Å². The van der Waals surface area contributed by atoms with E-state index in [1.807, 2.05) is 18.5 Å². The van der Waals surface area contributed by atoms with Gasteiger partial charge in [-0.1, -0.05) is 37.7 Å². The first-order valence-corrected chi connectivity index (χ1v) is 9.48. The summed E-state index contributed by atoms with van der Waals surface area (Å²) in [7, 11) is 0. The molecule has 0 aliphatic carbocycles. The monoisotopic (exact) mass is 339 g/mol. The third-order valence-corrected chi connectivity index (χ3v) is 5.05. The molecule has 1 aliphatic rings. The number of aromatic nitrogens is 4. The van der Waals surface area contributed by atoms with Crippen LogP contribution in [0.25, 0.3) is 11.0 Å². The van der Waals surface area contributed by atoms with Gasteiger partial charge in [-0.25, -0.2) is 15.0 Å². The highest BCUT2D eigenvalue weighted by Gasteiger charge is 2.32. The average Bonchev–Trinajstić information content (AvgIpc) is 2.94. The van der Waals surface area contributed by atoms with E-state index in [2.05, 4.69) is 57.5 Å². The van der Waals surface area contributed by atoms with E-state index >= 15 is 0 Å². The predicted molar refractivity (Wildman–Crippen MR) is 98.9 cm³/mol. The van der Waals surface area contributed by atoms with Crippen LogP contribution in [0.5, 0.6) is 0 Å². The minimum absolute atomic E-state index is 0.411. The van der Waals surface area contributed by atoms with Gasteiger partial charge in [0.2, 0.25) is 0 Å². The SMILES string of the molecule is CSc1nccc(N2CC(n3c(C(C)C)nc4ccccc43)C2)n1. The molecule has 1 saturated heterocycles. The Balaban J connectivity index is 1.62. The molecule has 24 heavy (non-hydrogen) atoms. The summed E-state index contributed by atoms with van der Waals surface area (Å²) in [6, 6.07) is 10.9. The normalized spacial score (nSPS) is 15.2. The van der Waals surface area contributed by atoms with Crippen molar-refractivity contribution >= 4 is 28.6 Å². The maximum absolute atomic E-state index is 4.86. The Kier molecular flexibility index (Phi) is 3.92. The fourth-order valence-electron chi connectivity index (χ4n) is 3.27. The quantitative estimate of drug-likeness (QED) is 0.535. The Morgan fingerprint density at radius 3 is 2.67 bits per heavy atom. The fraction of sp³-hybridized carbons (Fsp3) is 0.389. The molecule has 0 amide bonds. The standard InChI is InChI=1S/C18H21N5S/c1-12(2)17-20-14-6-4-5-7-15(14)23(17)13-10-22(11-13)16-8-9-19-18(21-16)24-3/h4-9,12-13H,10-11H2,1-3H3. The van der Waals surface area contributed by atoms with Crippen molar-refractivity contribution in [1.29, 1.82) is 0 Å². The largest absolute Gasteiger partial charge is 0.352 e. The molecule has 124 valence electrons. The molecule has 5 nitrogen and oxygen atoms in total. The van der Waals surface area contributed by atoms with Gasteiger partial charge in [-0.05, 0) is 24.5 Å². The van der Waals surface area contributed by atoms with Gasteiger partial charge in [-0.15, -0.1) is 0 Å². The number of hydrogen-bond donors (Lipinski definition) is 0.